The molecule has 0 unspecified atom stereocenters. The number of aromatic nitrogens is 2. The monoisotopic (exact) mass is 266 g/mol. The number of nitrogens with zero attached hydrogens (tertiary/aromatic N) is 4. The van der Waals surface area contributed by atoms with E-state index < -0.39 is 0 Å². The number of thiol groups is 1. The van der Waals surface area contributed by atoms with Crippen LogP contribution in [0.15, 0.2) is 18.5 Å². The zero-order valence-electron chi connectivity index (χ0n) is 11.2. The van der Waals surface area contributed by atoms with Crippen LogP contribution < -0.4 is 4.90 Å². The Morgan fingerprint density at radius 2 is 1.78 bits per heavy atom. The Bertz CT molecular complexity index is 361. The lowest BCUT2D eigenvalue weighted by molar-refractivity contribution is 0.185. The van der Waals surface area contributed by atoms with E-state index >= 15 is 0 Å². The fraction of sp³-hybridized carbons (Fsp3) is 0.692. The highest BCUT2D eigenvalue weighted by Gasteiger charge is 2.24. The van der Waals surface area contributed by atoms with Gasteiger partial charge >= 0.3 is 0 Å². The largest absolute Gasteiger partial charge is 0.338 e. The summed E-state index contributed by atoms with van der Waals surface area (Å²) in [5.74, 6) is 1.78. The molecule has 1 aromatic rings. The van der Waals surface area contributed by atoms with E-state index in [0.717, 1.165) is 44.4 Å². The first-order chi connectivity index (χ1) is 8.61. The summed E-state index contributed by atoms with van der Waals surface area (Å²) in [7, 11) is 0. The van der Waals surface area contributed by atoms with Gasteiger partial charge in [-0.15, -0.1) is 0 Å². The molecule has 0 aromatic carbocycles. The molecule has 2 heterocycles. The summed E-state index contributed by atoms with van der Waals surface area (Å²) >= 11 is 4.42. The second-order valence-electron chi connectivity index (χ2n) is 5.63. The van der Waals surface area contributed by atoms with Crippen molar-refractivity contribution in [3.63, 3.8) is 0 Å². The Morgan fingerprint density at radius 3 is 2.33 bits per heavy atom. The van der Waals surface area contributed by atoms with Gasteiger partial charge in [0, 0.05) is 45.1 Å². The Labute approximate surface area is 115 Å². The van der Waals surface area contributed by atoms with Gasteiger partial charge in [-0.1, -0.05) is 13.8 Å². The highest BCUT2D eigenvalue weighted by Crippen LogP contribution is 2.20. The van der Waals surface area contributed by atoms with Crippen LogP contribution in [0.5, 0.6) is 0 Å². The molecule has 0 N–H and O–H groups in total. The van der Waals surface area contributed by atoms with Crippen molar-refractivity contribution in [3.05, 3.63) is 18.5 Å². The van der Waals surface area contributed by atoms with E-state index in [1.807, 2.05) is 6.07 Å². The molecule has 0 spiro atoms. The highest BCUT2D eigenvalue weighted by atomic mass is 32.1. The predicted octanol–water partition coefficient (Wildman–Crippen LogP) is 1.55. The zero-order valence-corrected chi connectivity index (χ0v) is 12.1. The highest BCUT2D eigenvalue weighted by molar-refractivity contribution is 7.80. The molecule has 0 radical (unpaired) electrons. The Morgan fingerprint density at radius 1 is 1.17 bits per heavy atom. The van der Waals surface area contributed by atoms with Crippen LogP contribution in [0.2, 0.25) is 0 Å². The van der Waals surface area contributed by atoms with Gasteiger partial charge in [-0.05, 0) is 17.2 Å². The second kappa shape index (κ2) is 5.89. The lowest BCUT2D eigenvalue weighted by atomic mass is 9.95. The Hall–Kier alpha value is -0.810. The molecule has 4 nitrogen and oxygen atoms in total. The molecule has 100 valence electrons. The Balaban J connectivity index is 1.85. The number of piperazine rings is 1. The number of anilines is 1. The summed E-state index contributed by atoms with van der Waals surface area (Å²) in [6.45, 7) is 9.82. The lowest BCUT2D eigenvalue weighted by Crippen LogP contribution is -2.49. The van der Waals surface area contributed by atoms with E-state index in [-0.39, 0.29) is 5.41 Å². The van der Waals surface area contributed by atoms with E-state index in [0.29, 0.717) is 0 Å². The van der Waals surface area contributed by atoms with Crippen LogP contribution in [0, 0.1) is 5.41 Å². The molecule has 0 atom stereocenters. The predicted molar refractivity (Wildman–Crippen MR) is 78.3 cm³/mol. The second-order valence-corrected chi connectivity index (χ2v) is 5.95. The van der Waals surface area contributed by atoms with Gasteiger partial charge in [-0.25, -0.2) is 9.97 Å². The quantitative estimate of drug-likeness (QED) is 0.838. The smallest absolute Gasteiger partial charge is 0.225 e. The van der Waals surface area contributed by atoms with E-state index in [4.69, 9.17) is 0 Å². The van der Waals surface area contributed by atoms with Crippen LogP contribution in [0.25, 0.3) is 0 Å². The van der Waals surface area contributed by atoms with Crippen molar-refractivity contribution in [2.75, 3.05) is 43.4 Å². The summed E-state index contributed by atoms with van der Waals surface area (Å²) in [5, 5.41) is 0. The molecule has 0 amide bonds. The minimum atomic E-state index is 0.286. The average molecular weight is 266 g/mol. The number of rotatable bonds is 4. The maximum absolute atomic E-state index is 4.42. The Kier molecular flexibility index (Phi) is 4.45. The summed E-state index contributed by atoms with van der Waals surface area (Å²) in [5.41, 5.74) is 0.286. The lowest BCUT2D eigenvalue weighted by Gasteiger charge is -2.38. The third kappa shape index (κ3) is 3.59. The van der Waals surface area contributed by atoms with Crippen LogP contribution in [-0.4, -0.2) is 53.3 Å². The van der Waals surface area contributed by atoms with Gasteiger partial charge in [0.2, 0.25) is 5.95 Å². The van der Waals surface area contributed by atoms with Crippen molar-refractivity contribution in [2.24, 2.45) is 5.41 Å². The van der Waals surface area contributed by atoms with Gasteiger partial charge in [0.05, 0.1) is 0 Å². The SMILES string of the molecule is CC(C)(CS)CN1CCN(c2ncccn2)CC1. The van der Waals surface area contributed by atoms with Gasteiger partial charge in [-0.3, -0.25) is 4.90 Å². The molecular weight excluding hydrogens is 244 g/mol. The molecule has 1 aromatic heterocycles. The van der Waals surface area contributed by atoms with E-state index in [1.165, 1.54) is 0 Å². The standard InChI is InChI=1S/C13H22N4S/c1-13(2,11-18)10-16-6-8-17(9-7-16)12-14-4-3-5-15-12/h3-5,18H,6-11H2,1-2H3. The van der Waals surface area contributed by atoms with Gasteiger partial charge in [-0.2, -0.15) is 12.6 Å². The average Bonchev–Trinajstić information content (AvgIpc) is 2.40. The summed E-state index contributed by atoms with van der Waals surface area (Å²) in [6.07, 6.45) is 3.61. The zero-order chi connectivity index (χ0) is 13.0. The topological polar surface area (TPSA) is 32.3 Å². The molecule has 0 saturated carbocycles. The van der Waals surface area contributed by atoms with Crippen molar-refractivity contribution in [1.82, 2.24) is 14.9 Å². The molecule has 18 heavy (non-hydrogen) atoms. The van der Waals surface area contributed by atoms with Crippen molar-refractivity contribution >= 4 is 18.6 Å². The normalized spacial score (nSPS) is 18.1. The molecule has 1 aliphatic heterocycles. The maximum atomic E-state index is 4.42. The van der Waals surface area contributed by atoms with Crippen LogP contribution in [-0.2, 0) is 0 Å². The van der Waals surface area contributed by atoms with E-state index in [1.54, 1.807) is 12.4 Å². The van der Waals surface area contributed by atoms with Gasteiger partial charge in [0.1, 0.15) is 0 Å². The first-order valence-corrected chi connectivity index (χ1v) is 7.09. The van der Waals surface area contributed by atoms with Crippen LogP contribution >= 0.6 is 12.6 Å². The molecular formula is C13H22N4S. The fourth-order valence-electron chi connectivity index (χ4n) is 2.22. The summed E-state index contributed by atoms with van der Waals surface area (Å²) < 4.78 is 0. The molecule has 1 saturated heterocycles. The van der Waals surface area contributed by atoms with Crippen LogP contribution in [0.4, 0.5) is 5.95 Å². The molecule has 2 rings (SSSR count). The summed E-state index contributed by atoms with van der Waals surface area (Å²) in [4.78, 5) is 13.4. The van der Waals surface area contributed by atoms with E-state index in [9.17, 15) is 0 Å². The first-order valence-electron chi connectivity index (χ1n) is 6.46. The van der Waals surface area contributed by atoms with Gasteiger partial charge in [0.15, 0.2) is 0 Å². The molecule has 5 heteroatoms. The fourth-order valence-corrected chi connectivity index (χ4v) is 2.32. The maximum Gasteiger partial charge on any atom is 0.225 e. The van der Waals surface area contributed by atoms with Gasteiger partial charge < -0.3 is 4.90 Å². The first kappa shape index (κ1) is 13.6. The molecule has 0 aliphatic carbocycles. The molecule has 1 aliphatic rings. The molecule has 1 fully saturated rings. The summed E-state index contributed by atoms with van der Waals surface area (Å²) in [6, 6.07) is 1.86. The third-order valence-electron chi connectivity index (χ3n) is 3.29. The van der Waals surface area contributed by atoms with Crippen LogP contribution in [0.1, 0.15) is 13.8 Å². The van der Waals surface area contributed by atoms with Crippen molar-refractivity contribution < 1.29 is 0 Å². The van der Waals surface area contributed by atoms with E-state index in [2.05, 4.69) is 46.2 Å². The van der Waals surface area contributed by atoms with Crippen LogP contribution in [0.3, 0.4) is 0 Å². The van der Waals surface area contributed by atoms with Crippen molar-refractivity contribution in [3.8, 4) is 0 Å². The molecule has 0 bridgehead atoms. The minimum absolute atomic E-state index is 0.286. The van der Waals surface area contributed by atoms with Gasteiger partial charge in [0.25, 0.3) is 0 Å². The number of hydrogen-bond donors (Lipinski definition) is 1. The van der Waals surface area contributed by atoms with Crippen molar-refractivity contribution in [1.29, 1.82) is 0 Å². The minimum Gasteiger partial charge on any atom is -0.338 e. The number of hydrogen-bond acceptors (Lipinski definition) is 5. The van der Waals surface area contributed by atoms with Crippen molar-refractivity contribution in [2.45, 2.75) is 13.8 Å². The third-order valence-corrected chi connectivity index (χ3v) is 4.14.